The fourth-order valence-corrected chi connectivity index (χ4v) is 2.63. The Labute approximate surface area is 120 Å². The molecule has 20 heavy (non-hydrogen) atoms. The topological polar surface area (TPSA) is 51.1 Å². The van der Waals surface area contributed by atoms with Crippen LogP contribution in [-0.4, -0.2) is 18.7 Å². The molecule has 4 nitrogen and oxygen atoms in total. The Morgan fingerprint density at radius 3 is 2.70 bits per heavy atom. The largest absolute Gasteiger partial charge is 0.346 e. The minimum atomic E-state index is -3.16. The monoisotopic (exact) mass is 292 g/mol. The first-order valence-electron chi connectivity index (χ1n) is 6.67. The molecule has 0 fully saturated rings. The Kier molecular flexibility index (Phi) is 4.62. The minimum Gasteiger partial charge on any atom is -0.346 e. The molecule has 2 aromatic rings. The van der Waals surface area contributed by atoms with E-state index in [1.54, 1.807) is 6.92 Å². The predicted molar refractivity (Wildman–Crippen MR) is 81.0 cm³/mol. The molecule has 0 aliphatic rings. The highest BCUT2D eigenvalue weighted by Gasteiger charge is 2.08. The van der Waals surface area contributed by atoms with Crippen LogP contribution in [-0.2, 0) is 23.1 Å². The molecule has 108 valence electrons. The summed E-state index contributed by atoms with van der Waals surface area (Å²) in [7, 11) is -3.16. The van der Waals surface area contributed by atoms with Gasteiger partial charge in [-0.25, -0.2) is 13.1 Å². The van der Waals surface area contributed by atoms with Crippen molar-refractivity contribution in [2.45, 2.75) is 26.9 Å². The predicted octanol–water partition coefficient (Wildman–Crippen LogP) is 2.28. The van der Waals surface area contributed by atoms with E-state index in [0.717, 1.165) is 12.2 Å². The number of aryl methyl sites for hydroxylation is 1. The SMILES string of the molecule is CCS(=O)(=O)NCc1cccn1Cc1cccc(C)c1. The highest BCUT2D eigenvalue weighted by Crippen LogP contribution is 2.10. The molecular formula is C15H20N2O2S. The normalized spacial score (nSPS) is 11.7. The van der Waals surface area contributed by atoms with Gasteiger partial charge in [0.2, 0.25) is 10.0 Å². The van der Waals surface area contributed by atoms with Gasteiger partial charge in [0.25, 0.3) is 0 Å². The van der Waals surface area contributed by atoms with Crippen LogP contribution >= 0.6 is 0 Å². The Morgan fingerprint density at radius 2 is 2.00 bits per heavy atom. The third kappa shape index (κ3) is 3.95. The van der Waals surface area contributed by atoms with Gasteiger partial charge in [0.05, 0.1) is 12.3 Å². The van der Waals surface area contributed by atoms with Crippen molar-refractivity contribution in [3.8, 4) is 0 Å². The van der Waals surface area contributed by atoms with E-state index in [0.29, 0.717) is 6.54 Å². The summed E-state index contributed by atoms with van der Waals surface area (Å²) in [5.41, 5.74) is 3.40. The molecule has 2 rings (SSSR count). The highest BCUT2D eigenvalue weighted by molar-refractivity contribution is 7.89. The molecule has 0 amide bonds. The van der Waals surface area contributed by atoms with E-state index in [4.69, 9.17) is 0 Å². The maximum absolute atomic E-state index is 11.5. The Bertz CT molecular complexity index is 675. The summed E-state index contributed by atoms with van der Waals surface area (Å²) in [6, 6.07) is 12.2. The Hall–Kier alpha value is -1.59. The van der Waals surface area contributed by atoms with Gasteiger partial charge in [-0.1, -0.05) is 29.8 Å². The van der Waals surface area contributed by atoms with Crippen molar-refractivity contribution in [1.29, 1.82) is 0 Å². The first kappa shape index (κ1) is 14.8. The van der Waals surface area contributed by atoms with Crippen LogP contribution in [0.1, 0.15) is 23.7 Å². The first-order valence-corrected chi connectivity index (χ1v) is 8.32. The smallest absolute Gasteiger partial charge is 0.211 e. The molecule has 0 unspecified atom stereocenters. The van der Waals surface area contributed by atoms with Crippen molar-refractivity contribution >= 4 is 10.0 Å². The number of benzene rings is 1. The summed E-state index contributed by atoms with van der Waals surface area (Å²) in [5, 5.41) is 0. The van der Waals surface area contributed by atoms with Gasteiger partial charge < -0.3 is 4.57 Å². The molecular weight excluding hydrogens is 272 g/mol. The molecule has 0 bridgehead atoms. The third-order valence-electron chi connectivity index (χ3n) is 3.21. The average molecular weight is 292 g/mol. The van der Waals surface area contributed by atoms with Gasteiger partial charge in [-0.05, 0) is 31.5 Å². The van der Waals surface area contributed by atoms with Crippen LogP contribution in [0, 0.1) is 6.92 Å². The lowest BCUT2D eigenvalue weighted by molar-refractivity contribution is 0.579. The molecule has 0 saturated carbocycles. The van der Waals surface area contributed by atoms with Crippen LogP contribution in [0.15, 0.2) is 42.6 Å². The van der Waals surface area contributed by atoms with Crippen molar-refractivity contribution in [3.05, 3.63) is 59.4 Å². The number of aromatic nitrogens is 1. The summed E-state index contributed by atoms with van der Waals surface area (Å²) in [5.74, 6) is 0.103. The van der Waals surface area contributed by atoms with E-state index in [-0.39, 0.29) is 5.75 Å². The molecule has 0 atom stereocenters. The van der Waals surface area contributed by atoms with Gasteiger partial charge in [-0.3, -0.25) is 0 Å². The van der Waals surface area contributed by atoms with Crippen molar-refractivity contribution in [3.63, 3.8) is 0 Å². The molecule has 5 heteroatoms. The zero-order chi connectivity index (χ0) is 14.6. The Morgan fingerprint density at radius 1 is 1.20 bits per heavy atom. The summed E-state index contributed by atoms with van der Waals surface area (Å²) < 4.78 is 27.6. The highest BCUT2D eigenvalue weighted by atomic mass is 32.2. The van der Waals surface area contributed by atoms with Crippen molar-refractivity contribution in [2.75, 3.05) is 5.75 Å². The van der Waals surface area contributed by atoms with Gasteiger partial charge in [0.15, 0.2) is 0 Å². The second-order valence-electron chi connectivity index (χ2n) is 4.84. The number of sulfonamides is 1. The van der Waals surface area contributed by atoms with Crippen LogP contribution in [0.4, 0.5) is 0 Å². The van der Waals surface area contributed by atoms with Crippen LogP contribution in [0.25, 0.3) is 0 Å². The van der Waals surface area contributed by atoms with Crippen LogP contribution < -0.4 is 4.72 Å². The molecule has 1 N–H and O–H groups in total. The number of nitrogens with zero attached hydrogens (tertiary/aromatic N) is 1. The molecule has 0 aliphatic carbocycles. The fraction of sp³-hybridized carbons (Fsp3) is 0.333. The van der Waals surface area contributed by atoms with Crippen LogP contribution in [0.5, 0.6) is 0 Å². The summed E-state index contributed by atoms with van der Waals surface area (Å²) in [6.45, 7) is 4.77. The number of nitrogens with one attached hydrogen (secondary N) is 1. The minimum absolute atomic E-state index is 0.103. The Balaban J connectivity index is 2.09. The van der Waals surface area contributed by atoms with Gasteiger partial charge in [0, 0.05) is 18.4 Å². The number of rotatable bonds is 6. The molecule has 0 radical (unpaired) electrons. The van der Waals surface area contributed by atoms with Crippen molar-refractivity contribution in [1.82, 2.24) is 9.29 Å². The van der Waals surface area contributed by atoms with Crippen LogP contribution in [0.2, 0.25) is 0 Å². The quantitative estimate of drug-likeness (QED) is 0.888. The number of hydrogen-bond donors (Lipinski definition) is 1. The van der Waals surface area contributed by atoms with Crippen LogP contribution in [0.3, 0.4) is 0 Å². The van der Waals surface area contributed by atoms with E-state index in [2.05, 4.69) is 34.4 Å². The lowest BCUT2D eigenvalue weighted by Crippen LogP contribution is -2.25. The second kappa shape index (κ2) is 6.24. The van der Waals surface area contributed by atoms with E-state index in [1.807, 2.05) is 24.4 Å². The van der Waals surface area contributed by atoms with E-state index in [1.165, 1.54) is 11.1 Å². The van der Waals surface area contributed by atoms with Crippen molar-refractivity contribution in [2.24, 2.45) is 0 Å². The summed E-state index contributed by atoms with van der Waals surface area (Å²) in [6.07, 6.45) is 1.97. The molecule has 1 aromatic carbocycles. The fourth-order valence-electron chi connectivity index (χ4n) is 2.06. The maximum Gasteiger partial charge on any atom is 0.211 e. The molecule has 0 saturated heterocycles. The van der Waals surface area contributed by atoms with Crippen molar-refractivity contribution < 1.29 is 8.42 Å². The van der Waals surface area contributed by atoms with Gasteiger partial charge in [-0.2, -0.15) is 0 Å². The van der Waals surface area contributed by atoms with E-state index >= 15 is 0 Å². The summed E-state index contributed by atoms with van der Waals surface area (Å²) in [4.78, 5) is 0. The standard InChI is InChI=1S/C15H20N2O2S/c1-3-20(18,19)16-11-15-8-5-9-17(15)12-14-7-4-6-13(2)10-14/h4-10,16H,3,11-12H2,1-2H3. The maximum atomic E-state index is 11.5. The molecule has 0 spiro atoms. The molecule has 1 heterocycles. The van der Waals surface area contributed by atoms with E-state index < -0.39 is 10.0 Å². The van der Waals surface area contributed by atoms with Gasteiger partial charge in [0.1, 0.15) is 0 Å². The lowest BCUT2D eigenvalue weighted by atomic mass is 10.1. The zero-order valence-electron chi connectivity index (χ0n) is 11.8. The second-order valence-corrected chi connectivity index (χ2v) is 6.94. The first-order chi connectivity index (χ1) is 9.50. The van der Waals surface area contributed by atoms with E-state index in [9.17, 15) is 8.42 Å². The summed E-state index contributed by atoms with van der Waals surface area (Å²) >= 11 is 0. The van der Waals surface area contributed by atoms with Gasteiger partial charge in [-0.15, -0.1) is 0 Å². The zero-order valence-corrected chi connectivity index (χ0v) is 12.7. The molecule has 0 aliphatic heterocycles. The van der Waals surface area contributed by atoms with Gasteiger partial charge >= 0.3 is 0 Å². The lowest BCUT2D eigenvalue weighted by Gasteiger charge is -2.11. The average Bonchev–Trinajstić information content (AvgIpc) is 2.84. The number of hydrogen-bond acceptors (Lipinski definition) is 2. The third-order valence-corrected chi connectivity index (χ3v) is 4.56. The molecule has 1 aromatic heterocycles.